The van der Waals surface area contributed by atoms with E-state index in [0.29, 0.717) is 6.10 Å². The normalized spacial score (nSPS) is 33.0. The molecule has 0 aromatic heterocycles. The van der Waals surface area contributed by atoms with E-state index in [0.717, 1.165) is 12.5 Å². The first kappa shape index (κ1) is 8.06. The van der Waals surface area contributed by atoms with Gasteiger partial charge < -0.3 is 4.74 Å². The Labute approximate surface area is 63.8 Å². The summed E-state index contributed by atoms with van der Waals surface area (Å²) in [5, 5.41) is 0. The van der Waals surface area contributed by atoms with Gasteiger partial charge in [-0.25, -0.2) is 0 Å². The SMILES string of the molecule is CCCC[C@@H]1CCO[C@H]1C. The molecule has 0 saturated carbocycles. The third kappa shape index (κ3) is 1.98. The molecule has 0 aliphatic carbocycles. The minimum atomic E-state index is 0.534. The van der Waals surface area contributed by atoms with Crippen LogP contribution in [0, 0.1) is 5.92 Å². The summed E-state index contributed by atoms with van der Waals surface area (Å²) in [6.07, 6.45) is 5.90. The molecule has 1 fully saturated rings. The average Bonchev–Trinajstić information content (AvgIpc) is 2.31. The monoisotopic (exact) mass is 142 g/mol. The van der Waals surface area contributed by atoms with E-state index in [4.69, 9.17) is 4.74 Å². The fourth-order valence-corrected chi connectivity index (χ4v) is 1.62. The van der Waals surface area contributed by atoms with Crippen molar-refractivity contribution in [1.29, 1.82) is 0 Å². The van der Waals surface area contributed by atoms with Gasteiger partial charge in [0.2, 0.25) is 0 Å². The summed E-state index contributed by atoms with van der Waals surface area (Å²) in [5.41, 5.74) is 0. The van der Waals surface area contributed by atoms with E-state index < -0.39 is 0 Å². The Bertz CT molecular complexity index is 90.7. The lowest BCUT2D eigenvalue weighted by atomic mass is 9.96. The van der Waals surface area contributed by atoms with Crippen molar-refractivity contribution in [1.82, 2.24) is 0 Å². The van der Waals surface area contributed by atoms with Crippen molar-refractivity contribution in [3.8, 4) is 0 Å². The van der Waals surface area contributed by atoms with E-state index in [1.165, 1.54) is 25.7 Å². The first-order valence-corrected chi connectivity index (χ1v) is 4.46. The predicted octanol–water partition coefficient (Wildman–Crippen LogP) is 2.60. The summed E-state index contributed by atoms with van der Waals surface area (Å²) < 4.78 is 5.46. The molecule has 1 aliphatic heterocycles. The van der Waals surface area contributed by atoms with Gasteiger partial charge in [-0.3, -0.25) is 0 Å². The maximum absolute atomic E-state index is 5.46. The fourth-order valence-electron chi connectivity index (χ4n) is 1.62. The molecular formula is C9H18O. The highest BCUT2D eigenvalue weighted by Crippen LogP contribution is 2.25. The second-order valence-corrected chi connectivity index (χ2v) is 3.27. The largest absolute Gasteiger partial charge is 0.378 e. The second kappa shape index (κ2) is 3.97. The van der Waals surface area contributed by atoms with Crippen molar-refractivity contribution < 1.29 is 4.74 Å². The standard InChI is InChI=1S/C9H18O/c1-3-4-5-9-6-7-10-8(9)2/h8-9H,3-7H2,1-2H3/t8-,9+/m0/s1. The molecule has 0 aromatic carbocycles. The van der Waals surface area contributed by atoms with Crippen molar-refractivity contribution in [2.24, 2.45) is 5.92 Å². The first-order chi connectivity index (χ1) is 4.84. The zero-order valence-electron chi connectivity index (χ0n) is 7.10. The summed E-state index contributed by atoms with van der Waals surface area (Å²) in [6.45, 7) is 5.45. The van der Waals surface area contributed by atoms with Crippen LogP contribution in [-0.2, 0) is 4.74 Å². The molecule has 0 radical (unpaired) electrons. The number of rotatable bonds is 3. The molecule has 0 amide bonds. The van der Waals surface area contributed by atoms with Crippen LogP contribution >= 0.6 is 0 Å². The van der Waals surface area contributed by atoms with Gasteiger partial charge in [-0.15, -0.1) is 0 Å². The van der Waals surface area contributed by atoms with Gasteiger partial charge in [0.05, 0.1) is 6.10 Å². The third-order valence-corrected chi connectivity index (χ3v) is 2.46. The van der Waals surface area contributed by atoms with Gasteiger partial charge in [-0.2, -0.15) is 0 Å². The van der Waals surface area contributed by atoms with E-state index in [-0.39, 0.29) is 0 Å². The lowest BCUT2D eigenvalue weighted by Crippen LogP contribution is -2.10. The number of unbranched alkanes of at least 4 members (excludes halogenated alkanes) is 1. The molecule has 0 N–H and O–H groups in total. The van der Waals surface area contributed by atoms with Crippen molar-refractivity contribution >= 4 is 0 Å². The highest BCUT2D eigenvalue weighted by molar-refractivity contribution is 4.71. The number of hydrogen-bond donors (Lipinski definition) is 0. The first-order valence-electron chi connectivity index (χ1n) is 4.46. The number of ether oxygens (including phenoxy) is 1. The Morgan fingerprint density at radius 2 is 2.30 bits per heavy atom. The van der Waals surface area contributed by atoms with E-state index in [2.05, 4.69) is 13.8 Å². The molecule has 1 rings (SSSR count). The maximum Gasteiger partial charge on any atom is 0.0575 e. The highest BCUT2D eigenvalue weighted by atomic mass is 16.5. The molecule has 1 nitrogen and oxygen atoms in total. The van der Waals surface area contributed by atoms with E-state index in [1.807, 2.05) is 0 Å². The van der Waals surface area contributed by atoms with Crippen LogP contribution in [0.4, 0.5) is 0 Å². The Hall–Kier alpha value is -0.0400. The van der Waals surface area contributed by atoms with Gasteiger partial charge in [0.15, 0.2) is 0 Å². The van der Waals surface area contributed by atoms with Gasteiger partial charge in [0.1, 0.15) is 0 Å². The van der Waals surface area contributed by atoms with E-state index >= 15 is 0 Å². The molecule has 0 spiro atoms. The minimum absolute atomic E-state index is 0.534. The summed E-state index contributed by atoms with van der Waals surface area (Å²) in [6, 6.07) is 0. The van der Waals surface area contributed by atoms with Crippen LogP contribution in [0.25, 0.3) is 0 Å². The molecule has 1 heterocycles. The topological polar surface area (TPSA) is 9.23 Å². The molecule has 1 heteroatoms. The van der Waals surface area contributed by atoms with Gasteiger partial charge in [-0.05, 0) is 25.7 Å². The average molecular weight is 142 g/mol. The lowest BCUT2D eigenvalue weighted by molar-refractivity contribution is 0.103. The molecule has 2 atom stereocenters. The summed E-state index contributed by atoms with van der Waals surface area (Å²) in [4.78, 5) is 0. The third-order valence-electron chi connectivity index (χ3n) is 2.46. The summed E-state index contributed by atoms with van der Waals surface area (Å²) in [7, 11) is 0. The second-order valence-electron chi connectivity index (χ2n) is 3.27. The van der Waals surface area contributed by atoms with Crippen LogP contribution in [0.1, 0.15) is 39.5 Å². The number of hydrogen-bond acceptors (Lipinski definition) is 1. The van der Waals surface area contributed by atoms with Crippen LogP contribution < -0.4 is 0 Å². The van der Waals surface area contributed by atoms with Crippen molar-refractivity contribution in [2.75, 3.05) is 6.61 Å². The molecule has 0 bridgehead atoms. The zero-order chi connectivity index (χ0) is 7.40. The molecule has 60 valence electrons. The lowest BCUT2D eigenvalue weighted by Gasteiger charge is -2.12. The molecule has 1 saturated heterocycles. The molecule has 0 aromatic rings. The van der Waals surface area contributed by atoms with Crippen LogP contribution in [0.3, 0.4) is 0 Å². The van der Waals surface area contributed by atoms with E-state index in [1.54, 1.807) is 0 Å². The highest BCUT2D eigenvalue weighted by Gasteiger charge is 2.22. The molecule has 0 unspecified atom stereocenters. The van der Waals surface area contributed by atoms with Gasteiger partial charge in [0.25, 0.3) is 0 Å². The Morgan fingerprint density at radius 3 is 2.80 bits per heavy atom. The summed E-state index contributed by atoms with van der Waals surface area (Å²) in [5.74, 6) is 0.861. The quantitative estimate of drug-likeness (QED) is 0.588. The van der Waals surface area contributed by atoms with Crippen molar-refractivity contribution in [3.63, 3.8) is 0 Å². The molecular weight excluding hydrogens is 124 g/mol. The van der Waals surface area contributed by atoms with Crippen molar-refractivity contribution in [3.05, 3.63) is 0 Å². The van der Waals surface area contributed by atoms with Crippen LogP contribution in [0.2, 0.25) is 0 Å². The fraction of sp³-hybridized carbons (Fsp3) is 1.00. The van der Waals surface area contributed by atoms with Crippen LogP contribution in [0.5, 0.6) is 0 Å². The molecule has 10 heavy (non-hydrogen) atoms. The van der Waals surface area contributed by atoms with E-state index in [9.17, 15) is 0 Å². The predicted molar refractivity (Wildman–Crippen MR) is 43.0 cm³/mol. The van der Waals surface area contributed by atoms with Gasteiger partial charge >= 0.3 is 0 Å². The van der Waals surface area contributed by atoms with Crippen LogP contribution in [0.15, 0.2) is 0 Å². The van der Waals surface area contributed by atoms with Gasteiger partial charge in [0, 0.05) is 6.61 Å². The smallest absolute Gasteiger partial charge is 0.0575 e. The van der Waals surface area contributed by atoms with Crippen LogP contribution in [-0.4, -0.2) is 12.7 Å². The maximum atomic E-state index is 5.46. The van der Waals surface area contributed by atoms with Crippen molar-refractivity contribution in [2.45, 2.75) is 45.6 Å². The molecule has 1 aliphatic rings. The van der Waals surface area contributed by atoms with Gasteiger partial charge in [-0.1, -0.05) is 19.8 Å². The Kier molecular flexibility index (Phi) is 3.20. The zero-order valence-corrected chi connectivity index (χ0v) is 7.10. The minimum Gasteiger partial charge on any atom is -0.378 e. The Morgan fingerprint density at radius 1 is 1.50 bits per heavy atom. The summed E-state index contributed by atoms with van der Waals surface area (Å²) >= 11 is 0. The Balaban J connectivity index is 2.14.